The summed E-state index contributed by atoms with van der Waals surface area (Å²) in [6.45, 7) is 0. The molecule has 0 unspecified atom stereocenters. The highest BCUT2D eigenvalue weighted by atomic mass is 19.4. The van der Waals surface area contributed by atoms with Crippen LogP contribution in [0.4, 0.5) is 13.2 Å². The Balaban J connectivity index is 2.44. The van der Waals surface area contributed by atoms with E-state index < -0.39 is 17.5 Å². The molecule has 80 valence electrons. The third-order valence-electron chi connectivity index (χ3n) is 3.62. The second-order valence-electron chi connectivity index (χ2n) is 4.12. The second kappa shape index (κ2) is 2.72. The minimum Gasteiger partial charge on any atom is -0.297 e. The fourth-order valence-corrected chi connectivity index (χ4v) is 2.74. The van der Waals surface area contributed by atoms with E-state index in [2.05, 4.69) is 0 Å². The Morgan fingerprint density at radius 1 is 1.43 bits per heavy atom. The Labute approximate surface area is 80.1 Å². The number of alkyl halides is 3. The average molecular weight is 207 g/mol. The molecule has 0 spiro atoms. The number of hydrogen-bond acceptors (Lipinski definition) is 2. The number of likely N-dealkylation sites (N-methyl/N-ethyl adjacent to an activating group) is 1. The summed E-state index contributed by atoms with van der Waals surface area (Å²) in [5.74, 6) is -0.652. The molecular formula is C9H12F3NO. The first-order chi connectivity index (χ1) is 6.39. The molecule has 0 aromatic heterocycles. The maximum atomic E-state index is 12.9. The van der Waals surface area contributed by atoms with Crippen molar-refractivity contribution >= 4 is 5.78 Å². The van der Waals surface area contributed by atoms with E-state index in [9.17, 15) is 18.0 Å². The van der Waals surface area contributed by atoms with Crippen LogP contribution in [0.1, 0.15) is 25.7 Å². The van der Waals surface area contributed by atoms with Crippen molar-refractivity contribution in [2.75, 3.05) is 7.05 Å². The predicted molar refractivity (Wildman–Crippen MR) is 43.8 cm³/mol. The number of nitrogens with zero attached hydrogens (tertiary/aromatic N) is 1. The minimum absolute atomic E-state index is 0.0590. The fraction of sp³-hybridized carbons (Fsp3) is 0.889. The molecule has 2 aliphatic rings. The maximum absolute atomic E-state index is 12.9. The molecule has 0 aromatic carbocycles. The Bertz CT molecular complexity index is 276. The molecule has 2 fully saturated rings. The monoisotopic (exact) mass is 207 g/mol. The molecule has 14 heavy (non-hydrogen) atoms. The Morgan fingerprint density at radius 3 is 2.57 bits per heavy atom. The lowest BCUT2D eigenvalue weighted by atomic mass is 9.86. The van der Waals surface area contributed by atoms with Crippen LogP contribution < -0.4 is 0 Å². The van der Waals surface area contributed by atoms with Gasteiger partial charge in [0.15, 0.2) is 11.3 Å². The van der Waals surface area contributed by atoms with Crippen molar-refractivity contribution in [3.63, 3.8) is 0 Å². The lowest BCUT2D eigenvalue weighted by Gasteiger charge is -2.41. The van der Waals surface area contributed by atoms with Crippen molar-refractivity contribution in [1.29, 1.82) is 0 Å². The zero-order valence-electron chi connectivity index (χ0n) is 7.90. The number of Topliss-reactive ketones (excluding diaryl/α,β-unsaturated/α-hetero) is 1. The van der Waals surface area contributed by atoms with Crippen molar-refractivity contribution in [2.24, 2.45) is 0 Å². The van der Waals surface area contributed by atoms with Crippen LogP contribution in [-0.4, -0.2) is 35.5 Å². The fourth-order valence-electron chi connectivity index (χ4n) is 2.74. The molecule has 2 atom stereocenters. The van der Waals surface area contributed by atoms with Gasteiger partial charge in [0.05, 0.1) is 0 Å². The van der Waals surface area contributed by atoms with Crippen LogP contribution in [0, 0.1) is 0 Å². The Morgan fingerprint density at radius 2 is 2.07 bits per heavy atom. The van der Waals surface area contributed by atoms with Gasteiger partial charge in [0.25, 0.3) is 0 Å². The number of carbonyl (C=O) groups excluding carboxylic acids is 1. The molecule has 0 aliphatic carbocycles. The van der Waals surface area contributed by atoms with E-state index in [-0.39, 0.29) is 18.9 Å². The number of halogens is 3. The standard InChI is InChI=1S/C9H12F3NO/c1-13-6-2-3-7(14)8(13,5-4-6)9(10,11)12/h6H,2-5H2,1H3/t6-,8-/m1/s1. The average Bonchev–Trinajstić information content (AvgIpc) is 2.26. The zero-order valence-corrected chi connectivity index (χ0v) is 7.90. The minimum atomic E-state index is -4.42. The third kappa shape index (κ3) is 0.988. The molecule has 5 heteroatoms. The van der Waals surface area contributed by atoms with Gasteiger partial charge in [-0.15, -0.1) is 0 Å². The number of rotatable bonds is 0. The van der Waals surface area contributed by atoms with Gasteiger partial charge in [-0.05, 0) is 26.3 Å². The highest BCUT2D eigenvalue weighted by molar-refractivity contribution is 5.90. The van der Waals surface area contributed by atoms with Crippen LogP contribution >= 0.6 is 0 Å². The first-order valence-corrected chi connectivity index (χ1v) is 4.72. The van der Waals surface area contributed by atoms with Crippen molar-refractivity contribution in [1.82, 2.24) is 4.90 Å². The van der Waals surface area contributed by atoms with Gasteiger partial charge in [-0.3, -0.25) is 9.69 Å². The molecule has 2 saturated heterocycles. The third-order valence-corrected chi connectivity index (χ3v) is 3.62. The van der Waals surface area contributed by atoms with Crippen molar-refractivity contribution in [3.8, 4) is 0 Å². The van der Waals surface area contributed by atoms with Crippen molar-refractivity contribution in [2.45, 2.75) is 43.4 Å². The van der Waals surface area contributed by atoms with Crippen LogP contribution in [-0.2, 0) is 4.79 Å². The van der Waals surface area contributed by atoms with E-state index in [4.69, 9.17) is 0 Å². The first-order valence-electron chi connectivity index (χ1n) is 4.72. The summed E-state index contributed by atoms with van der Waals surface area (Å²) in [5, 5.41) is 0. The van der Waals surface area contributed by atoms with Crippen LogP contribution in [0.25, 0.3) is 0 Å². The number of piperidine rings is 1. The predicted octanol–water partition coefficient (Wildman–Crippen LogP) is 1.74. The first kappa shape index (κ1) is 9.96. The van der Waals surface area contributed by atoms with E-state index in [0.29, 0.717) is 12.8 Å². The molecule has 0 radical (unpaired) electrons. The van der Waals surface area contributed by atoms with Gasteiger partial charge in [-0.25, -0.2) is 0 Å². The van der Waals surface area contributed by atoms with E-state index in [1.807, 2.05) is 0 Å². The number of hydrogen-bond donors (Lipinski definition) is 0. The Hall–Kier alpha value is -0.580. The lowest BCUT2D eigenvalue weighted by Crippen LogP contribution is -2.63. The van der Waals surface area contributed by atoms with Gasteiger partial charge in [0.1, 0.15) is 0 Å². The molecule has 0 saturated carbocycles. The van der Waals surface area contributed by atoms with Crippen molar-refractivity contribution < 1.29 is 18.0 Å². The topological polar surface area (TPSA) is 20.3 Å². The van der Waals surface area contributed by atoms with Crippen LogP contribution in [0.15, 0.2) is 0 Å². The molecule has 0 N–H and O–H groups in total. The van der Waals surface area contributed by atoms with Gasteiger partial charge >= 0.3 is 6.18 Å². The molecule has 2 bridgehead atoms. The summed E-state index contributed by atoms with van der Waals surface area (Å²) in [5.41, 5.74) is -2.16. The number of ketones is 1. The quantitative estimate of drug-likeness (QED) is 0.603. The summed E-state index contributed by atoms with van der Waals surface area (Å²) in [6.07, 6.45) is -3.34. The molecule has 2 rings (SSSR count). The van der Waals surface area contributed by atoms with Gasteiger partial charge in [0, 0.05) is 12.5 Å². The smallest absolute Gasteiger partial charge is 0.297 e. The maximum Gasteiger partial charge on any atom is 0.413 e. The van der Waals surface area contributed by atoms with Gasteiger partial charge in [0.2, 0.25) is 0 Å². The molecular weight excluding hydrogens is 195 g/mol. The van der Waals surface area contributed by atoms with E-state index in [1.165, 1.54) is 11.9 Å². The largest absolute Gasteiger partial charge is 0.413 e. The molecule has 0 amide bonds. The highest BCUT2D eigenvalue weighted by Crippen LogP contribution is 2.49. The summed E-state index contributed by atoms with van der Waals surface area (Å²) < 4.78 is 38.6. The summed E-state index contributed by atoms with van der Waals surface area (Å²) in [6, 6.07) is -0.0608. The summed E-state index contributed by atoms with van der Waals surface area (Å²) >= 11 is 0. The van der Waals surface area contributed by atoms with Crippen LogP contribution in [0.2, 0.25) is 0 Å². The number of fused-ring (bicyclic) bond motifs is 2. The summed E-state index contributed by atoms with van der Waals surface area (Å²) in [7, 11) is 1.42. The van der Waals surface area contributed by atoms with E-state index >= 15 is 0 Å². The van der Waals surface area contributed by atoms with E-state index in [1.54, 1.807) is 0 Å². The second-order valence-corrected chi connectivity index (χ2v) is 4.12. The van der Waals surface area contributed by atoms with Gasteiger partial charge < -0.3 is 0 Å². The zero-order chi connectivity index (χ0) is 10.6. The van der Waals surface area contributed by atoms with Crippen LogP contribution in [0.3, 0.4) is 0 Å². The molecule has 0 aromatic rings. The SMILES string of the molecule is CN1[C@@H]2CCC(=O)[C@@]1(C(F)(F)F)CC2. The Kier molecular flexibility index (Phi) is 1.93. The molecule has 2 aliphatic heterocycles. The van der Waals surface area contributed by atoms with Crippen LogP contribution in [0.5, 0.6) is 0 Å². The van der Waals surface area contributed by atoms with Gasteiger partial charge in [-0.1, -0.05) is 0 Å². The lowest BCUT2D eigenvalue weighted by molar-refractivity contribution is -0.223. The van der Waals surface area contributed by atoms with Crippen molar-refractivity contribution in [3.05, 3.63) is 0 Å². The normalized spacial score (nSPS) is 39.1. The highest BCUT2D eigenvalue weighted by Gasteiger charge is 2.67. The molecule has 2 nitrogen and oxygen atoms in total. The number of carbonyl (C=O) groups is 1. The van der Waals surface area contributed by atoms with E-state index in [0.717, 1.165) is 0 Å². The molecule has 2 heterocycles. The summed E-state index contributed by atoms with van der Waals surface area (Å²) in [4.78, 5) is 12.7. The van der Waals surface area contributed by atoms with Gasteiger partial charge in [-0.2, -0.15) is 13.2 Å².